The van der Waals surface area contributed by atoms with Crippen molar-refractivity contribution in [1.82, 2.24) is 20.4 Å². The molecule has 0 atom stereocenters. The number of carbonyl (C=O) groups excluding carboxylic acids is 2. The molecule has 1 aromatic rings. The number of anilines is 1. The Morgan fingerprint density at radius 3 is 2.50 bits per heavy atom. The van der Waals surface area contributed by atoms with Gasteiger partial charge in [-0.25, -0.2) is 15.0 Å². The molecular weight excluding hydrogens is 260 g/mol. The fourth-order valence-corrected chi connectivity index (χ4v) is 1.80. The van der Waals surface area contributed by atoms with Crippen LogP contribution in [-0.4, -0.2) is 39.6 Å². The van der Waals surface area contributed by atoms with Crippen molar-refractivity contribution in [3.8, 4) is 0 Å². The second kappa shape index (κ2) is 5.64. The third-order valence-electron chi connectivity index (χ3n) is 2.74. The van der Waals surface area contributed by atoms with Crippen molar-refractivity contribution in [2.24, 2.45) is 5.10 Å². The molecule has 0 spiro atoms. The molecule has 106 valence electrons. The van der Waals surface area contributed by atoms with Gasteiger partial charge in [0.15, 0.2) is 0 Å². The molecule has 20 heavy (non-hydrogen) atoms. The van der Waals surface area contributed by atoms with Gasteiger partial charge in [-0.3, -0.25) is 20.4 Å². The van der Waals surface area contributed by atoms with Crippen LogP contribution in [0.1, 0.15) is 24.2 Å². The van der Waals surface area contributed by atoms with Crippen LogP contribution in [0.5, 0.6) is 0 Å². The van der Waals surface area contributed by atoms with Gasteiger partial charge >= 0.3 is 0 Å². The molecule has 1 aliphatic rings. The van der Waals surface area contributed by atoms with Crippen LogP contribution in [0.3, 0.4) is 0 Å². The maximum absolute atomic E-state index is 11.9. The van der Waals surface area contributed by atoms with Crippen molar-refractivity contribution in [1.29, 1.82) is 0 Å². The van der Waals surface area contributed by atoms with Gasteiger partial charge in [-0.2, -0.15) is 5.10 Å². The van der Waals surface area contributed by atoms with Crippen LogP contribution >= 0.6 is 0 Å². The average molecular weight is 276 g/mol. The standard InChI is InChI=1S/C12H16N6O2/c1-7-6-8(2)14-12(13-7)16-15-11(20)9-4-5-10(19)18(3)17-9/h6H,4-5H2,1-3H3,(H,15,20)(H,13,14,16). The highest BCUT2D eigenvalue weighted by Crippen LogP contribution is 2.07. The summed E-state index contributed by atoms with van der Waals surface area (Å²) in [6.45, 7) is 3.68. The van der Waals surface area contributed by atoms with E-state index >= 15 is 0 Å². The highest BCUT2D eigenvalue weighted by Gasteiger charge is 2.21. The van der Waals surface area contributed by atoms with E-state index in [0.717, 1.165) is 11.4 Å². The molecule has 1 aliphatic heterocycles. The first-order chi connectivity index (χ1) is 9.45. The average Bonchev–Trinajstić information content (AvgIpc) is 2.38. The lowest BCUT2D eigenvalue weighted by Gasteiger charge is -2.19. The zero-order chi connectivity index (χ0) is 14.7. The van der Waals surface area contributed by atoms with E-state index in [9.17, 15) is 9.59 Å². The monoisotopic (exact) mass is 276 g/mol. The Balaban J connectivity index is 1.99. The van der Waals surface area contributed by atoms with Crippen molar-refractivity contribution in [3.05, 3.63) is 17.5 Å². The quantitative estimate of drug-likeness (QED) is 0.765. The number of aromatic nitrogens is 2. The normalized spacial score (nSPS) is 14.8. The van der Waals surface area contributed by atoms with E-state index in [-0.39, 0.29) is 12.3 Å². The Morgan fingerprint density at radius 2 is 1.90 bits per heavy atom. The molecule has 0 aliphatic carbocycles. The smallest absolute Gasteiger partial charge is 0.273 e. The van der Waals surface area contributed by atoms with Gasteiger partial charge in [-0.15, -0.1) is 0 Å². The van der Waals surface area contributed by atoms with Crippen molar-refractivity contribution in [3.63, 3.8) is 0 Å². The van der Waals surface area contributed by atoms with E-state index in [1.165, 1.54) is 12.1 Å². The van der Waals surface area contributed by atoms with Gasteiger partial charge in [-0.05, 0) is 19.9 Å². The Bertz CT molecular complexity index is 563. The summed E-state index contributed by atoms with van der Waals surface area (Å²) in [5.74, 6) is -0.184. The second-order valence-corrected chi connectivity index (χ2v) is 4.52. The van der Waals surface area contributed by atoms with Gasteiger partial charge in [0.05, 0.1) is 0 Å². The summed E-state index contributed by atoms with van der Waals surface area (Å²) in [5, 5.41) is 5.09. The predicted molar refractivity (Wildman–Crippen MR) is 72.7 cm³/mol. The largest absolute Gasteiger partial charge is 0.285 e. The van der Waals surface area contributed by atoms with E-state index < -0.39 is 5.91 Å². The molecule has 0 saturated heterocycles. The topological polar surface area (TPSA) is 99.6 Å². The van der Waals surface area contributed by atoms with Gasteiger partial charge in [0.1, 0.15) is 5.71 Å². The summed E-state index contributed by atoms with van der Waals surface area (Å²) >= 11 is 0. The molecular formula is C12H16N6O2. The summed E-state index contributed by atoms with van der Waals surface area (Å²) < 4.78 is 0. The molecule has 0 unspecified atom stereocenters. The number of nitrogens with zero attached hydrogens (tertiary/aromatic N) is 4. The lowest BCUT2D eigenvalue weighted by Crippen LogP contribution is -2.40. The molecule has 0 bridgehead atoms. The van der Waals surface area contributed by atoms with Gasteiger partial charge in [0.25, 0.3) is 5.91 Å². The number of hydrazine groups is 1. The molecule has 2 N–H and O–H groups in total. The molecule has 0 fully saturated rings. The molecule has 1 aromatic heterocycles. The minimum atomic E-state index is -0.396. The van der Waals surface area contributed by atoms with Gasteiger partial charge in [0, 0.05) is 31.3 Å². The maximum Gasteiger partial charge on any atom is 0.285 e. The molecule has 2 amide bonds. The minimum Gasteiger partial charge on any atom is -0.273 e. The first-order valence-corrected chi connectivity index (χ1v) is 6.18. The van der Waals surface area contributed by atoms with Crippen LogP contribution < -0.4 is 10.9 Å². The number of amides is 2. The SMILES string of the molecule is Cc1cc(C)nc(NNC(=O)C2=NN(C)C(=O)CC2)n1. The molecule has 2 rings (SSSR count). The predicted octanol–water partition coefficient (Wildman–Crippen LogP) is 0.145. The third kappa shape index (κ3) is 3.28. The maximum atomic E-state index is 11.9. The first kappa shape index (κ1) is 13.9. The van der Waals surface area contributed by atoms with Gasteiger partial charge in [0.2, 0.25) is 11.9 Å². The van der Waals surface area contributed by atoms with E-state index in [1.807, 2.05) is 19.9 Å². The third-order valence-corrected chi connectivity index (χ3v) is 2.74. The van der Waals surface area contributed by atoms with Crippen LogP contribution in [0.2, 0.25) is 0 Å². The fourth-order valence-electron chi connectivity index (χ4n) is 1.80. The zero-order valence-corrected chi connectivity index (χ0v) is 11.6. The molecule has 8 nitrogen and oxygen atoms in total. The number of hydrogen-bond donors (Lipinski definition) is 2. The second-order valence-electron chi connectivity index (χ2n) is 4.52. The number of carbonyl (C=O) groups is 2. The number of aryl methyl sites for hydroxylation is 2. The lowest BCUT2D eigenvalue weighted by atomic mass is 10.1. The zero-order valence-electron chi connectivity index (χ0n) is 11.6. The summed E-state index contributed by atoms with van der Waals surface area (Å²) in [7, 11) is 1.52. The molecule has 8 heteroatoms. The van der Waals surface area contributed by atoms with Crippen LogP contribution in [-0.2, 0) is 9.59 Å². The number of nitrogens with one attached hydrogen (secondary N) is 2. The molecule has 2 heterocycles. The van der Waals surface area contributed by atoms with Crippen LogP contribution in [0.25, 0.3) is 0 Å². The minimum absolute atomic E-state index is 0.104. The molecule has 0 saturated carbocycles. The van der Waals surface area contributed by atoms with Crippen molar-refractivity contribution >= 4 is 23.5 Å². The Hall–Kier alpha value is -2.51. The molecule has 0 radical (unpaired) electrons. The van der Waals surface area contributed by atoms with Crippen LogP contribution in [0, 0.1) is 13.8 Å². The Morgan fingerprint density at radius 1 is 1.25 bits per heavy atom. The van der Waals surface area contributed by atoms with E-state index in [4.69, 9.17) is 0 Å². The van der Waals surface area contributed by atoms with Crippen molar-refractivity contribution in [2.45, 2.75) is 26.7 Å². The highest BCUT2D eigenvalue weighted by molar-refractivity contribution is 6.39. The van der Waals surface area contributed by atoms with Gasteiger partial charge < -0.3 is 0 Å². The van der Waals surface area contributed by atoms with Crippen molar-refractivity contribution in [2.75, 3.05) is 12.5 Å². The van der Waals surface area contributed by atoms with Crippen LogP contribution in [0.4, 0.5) is 5.95 Å². The van der Waals surface area contributed by atoms with E-state index in [0.29, 0.717) is 18.1 Å². The number of hydrogen-bond acceptors (Lipinski definition) is 6. The van der Waals surface area contributed by atoms with E-state index in [2.05, 4.69) is 25.9 Å². The highest BCUT2D eigenvalue weighted by atomic mass is 16.2. The van der Waals surface area contributed by atoms with Crippen LogP contribution in [0.15, 0.2) is 11.2 Å². The Kier molecular flexibility index (Phi) is 3.92. The summed E-state index contributed by atoms with van der Waals surface area (Å²) in [6.07, 6.45) is 0.604. The first-order valence-electron chi connectivity index (χ1n) is 6.18. The number of rotatable bonds is 3. The van der Waals surface area contributed by atoms with E-state index in [1.54, 1.807) is 0 Å². The van der Waals surface area contributed by atoms with Crippen molar-refractivity contribution < 1.29 is 9.59 Å². The summed E-state index contributed by atoms with van der Waals surface area (Å²) in [6, 6.07) is 1.83. The summed E-state index contributed by atoms with van der Waals surface area (Å²) in [4.78, 5) is 31.4. The number of hydrazone groups is 1. The lowest BCUT2D eigenvalue weighted by molar-refractivity contribution is -0.130. The Labute approximate surface area is 116 Å². The molecule has 0 aromatic carbocycles. The van der Waals surface area contributed by atoms with Gasteiger partial charge in [-0.1, -0.05) is 0 Å². The summed E-state index contributed by atoms with van der Waals surface area (Å²) in [5.41, 5.74) is 7.02. The fraction of sp³-hybridized carbons (Fsp3) is 0.417.